The number of fused-ring (bicyclic) bond motifs is 5. The first-order valence-electron chi connectivity index (χ1n) is 13.8. The molecule has 5 aliphatic rings. The lowest BCUT2D eigenvalue weighted by atomic mass is 9.35. The predicted molar refractivity (Wildman–Crippen MR) is 129 cm³/mol. The van der Waals surface area contributed by atoms with Crippen LogP contribution in [-0.2, 0) is 4.74 Å². The van der Waals surface area contributed by atoms with E-state index in [2.05, 4.69) is 34.6 Å². The first kappa shape index (κ1) is 23.6. The summed E-state index contributed by atoms with van der Waals surface area (Å²) in [5.41, 5.74) is 0.449. The molecule has 0 spiro atoms. The Kier molecular flexibility index (Phi) is 5.31. The summed E-state index contributed by atoms with van der Waals surface area (Å²) in [5, 5.41) is 21.4. The molecule has 5 fully saturated rings. The van der Waals surface area contributed by atoms with Crippen LogP contribution in [0.4, 0.5) is 0 Å². The normalized spacial score (nSPS) is 55.2. The monoisotopic (exact) mass is 446 g/mol. The van der Waals surface area contributed by atoms with Crippen molar-refractivity contribution in [1.29, 1.82) is 0 Å². The van der Waals surface area contributed by atoms with E-state index in [-0.39, 0.29) is 17.6 Å². The van der Waals surface area contributed by atoms with E-state index in [0.29, 0.717) is 34.2 Å². The van der Waals surface area contributed by atoms with E-state index in [1.807, 2.05) is 13.8 Å². The first-order chi connectivity index (χ1) is 14.7. The number of aliphatic hydroxyl groups excluding tert-OH is 1. The third kappa shape index (κ3) is 3.02. The Morgan fingerprint density at radius 3 is 2.09 bits per heavy atom. The van der Waals surface area contributed by atoms with E-state index in [4.69, 9.17) is 4.74 Å². The molecule has 2 N–H and O–H groups in total. The minimum absolute atomic E-state index is 0.00321. The molecule has 0 aromatic rings. The van der Waals surface area contributed by atoms with Gasteiger partial charge in [-0.25, -0.2) is 0 Å². The molecule has 32 heavy (non-hydrogen) atoms. The second-order valence-electron chi connectivity index (χ2n) is 14.6. The highest BCUT2D eigenvalue weighted by atomic mass is 16.5. The lowest BCUT2D eigenvalue weighted by Gasteiger charge is -2.69. The van der Waals surface area contributed by atoms with Crippen molar-refractivity contribution < 1.29 is 14.9 Å². The lowest BCUT2D eigenvalue weighted by Crippen LogP contribution is -2.64. The summed E-state index contributed by atoms with van der Waals surface area (Å²) in [6, 6.07) is 0. The van der Waals surface area contributed by atoms with Crippen molar-refractivity contribution in [1.82, 2.24) is 0 Å². The number of ether oxygens (including phenoxy) is 1. The zero-order chi connectivity index (χ0) is 23.3. The number of hydrogen-bond acceptors (Lipinski definition) is 3. The summed E-state index contributed by atoms with van der Waals surface area (Å²) in [4.78, 5) is 0. The Morgan fingerprint density at radius 2 is 1.44 bits per heavy atom. The molecule has 10 atom stereocenters. The maximum Gasteiger partial charge on any atom is 0.0861 e. The van der Waals surface area contributed by atoms with Crippen LogP contribution in [0.25, 0.3) is 0 Å². The summed E-state index contributed by atoms with van der Waals surface area (Å²) < 4.78 is 6.54. The van der Waals surface area contributed by atoms with Gasteiger partial charge in [0.1, 0.15) is 0 Å². The average molecular weight is 447 g/mol. The number of hydrogen-bond donors (Lipinski definition) is 2. The molecule has 0 bridgehead atoms. The van der Waals surface area contributed by atoms with Gasteiger partial charge in [-0.2, -0.15) is 0 Å². The fourth-order valence-corrected chi connectivity index (χ4v) is 10.7. The molecule has 1 saturated heterocycles. The Labute approximate surface area is 197 Å². The molecule has 5 rings (SSSR count). The minimum Gasteiger partial charge on any atom is -0.393 e. The van der Waals surface area contributed by atoms with Gasteiger partial charge in [-0.1, -0.05) is 34.6 Å². The molecule has 1 heterocycles. The molecule has 4 aliphatic carbocycles. The number of aliphatic hydroxyl groups is 2. The van der Waals surface area contributed by atoms with Crippen LogP contribution >= 0.6 is 0 Å². The van der Waals surface area contributed by atoms with E-state index >= 15 is 0 Å². The van der Waals surface area contributed by atoms with Crippen molar-refractivity contribution in [3.8, 4) is 0 Å². The zero-order valence-electron chi connectivity index (χ0n) is 21.9. The lowest BCUT2D eigenvalue weighted by molar-refractivity contribution is -0.223. The maximum atomic E-state index is 10.9. The highest BCUT2D eigenvalue weighted by molar-refractivity contribution is 5.17. The topological polar surface area (TPSA) is 49.7 Å². The fraction of sp³-hybridized carbons (Fsp3) is 1.00. The second-order valence-corrected chi connectivity index (χ2v) is 14.6. The molecular formula is C29H50O3. The van der Waals surface area contributed by atoms with Gasteiger partial charge in [0.15, 0.2) is 0 Å². The summed E-state index contributed by atoms with van der Waals surface area (Å²) >= 11 is 0. The van der Waals surface area contributed by atoms with Gasteiger partial charge in [-0.05, 0) is 123 Å². The third-order valence-corrected chi connectivity index (χ3v) is 12.7. The predicted octanol–water partition coefficient (Wildman–Crippen LogP) is 6.35. The van der Waals surface area contributed by atoms with E-state index in [9.17, 15) is 10.2 Å². The van der Waals surface area contributed by atoms with Crippen LogP contribution in [0.5, 0.6) is 0 Å². The van der Waals surface area contributed by atoms with Crippen LogP contribution in [0.3, 0.4) is 0 Å². The van der Waals surface area contributed by atoms with Gasteiger partial charge in [0, 0.05) is 0 Å². The second kappa shape index (κ2) is 7.20. The molecule has 1 aliphatic heterocycles. The molecule has 184 valence electrons. The van der Waals surface area contributed by atoms with Crippen LogP contribution in [-0.4, -0.2) is 34.1 Å². The van der Waals surface area contributed by atoms with E-state index < -0.39 is 5.60 Å². The molecule has 0 aromatic heterocycles. The quantitative estimate of drug-likeness (QED) is 0.519. The van der Waals surface area contributed by atoms with Crippen LogP contribution in [0.1, 0.15) is 113 Å². The Bertz CT molecular complexity index is 739. The van der Waals surface area contributed by atoms with Crippen molar-refractivity contribution in [3.05, 3.63) is 0 Å². The molecule has 0 amide bonds. The zero-order valence-corrected chi connectivity index (χ0v) is 21.9. The summed E-state index contributed by atoms with van der Waals surface area (Å²) in [5.74, 6) is 2.84. The van der Waals surface area contributed by atoms with E-state index in [1.54, 1.807) is 0 Å². The van der Waals surface area contributed by atoms with Crippen LogP contribution in [0.2, 0.25) is 0 Å². The van der Waals surface area contributed by atoms with Gasteiger partial charge in [0.2, 0.25) is 0 Å². The van der Waals surface area contributed by atoms with Crippen LogP contribution in [0, 0.1) is 45.3 Å². The standard InChI is InChI=1S/C29H50O3/c1-25(2)21-13-17-29(7)22(27(21,5)15-14-23(25)30)10-8-19-18(12-16-28(19,29)6)20-9-11-24(32-20)26(3,4)31/h18-24,30-31H,8-17H2,1-7H3/t18-,19+,20-,21-,22+,23-,24-,27-,28+,29+/m0/s1. The van der Waals surface area contributed by atoms with Gasteiger partial charge < -0.3 is 14.9 Å². The Morgan fingerprint density at radius 1 is 0.750 bits per heavy atom. The Balaban J connectivity index is 1.41. The van der Waals surface area contributed by atoms with Crippen LogP contribution in [0.15, 0.2) is 0 Å². The van der Waals surface area contributed by atoms with Crippen LogP contribution < -0.4 is 0 Å². The summed E-state index contributed by atoms with van der Waals surface area (Å²) in [6.45, 7) is 16.4. The molecular weight excluding hydrogens is 396 g/mol. The molecule has 0 aromatic carbocycles. The highest BCUT2D eigenvalue weighted by Gasteiger charge is 2.69. The minimum atomic E-state index is -0.731. The molecule has 4 saturated carbocycles. The van der Waals surface area contributed by atoms with Gasteiger partial charge >= 0.3 is 0 Å². The SMILES string of the molecule is CC(C)(O)[C@@H]1CC[C@@H]([C@H]2CC[C@]3(C)[C@@H]2CC[C@@H]2[C@@]4(C)CC[C@H](O)C(C)(C)[C@@H]4CC[C@]23C)O1. The summed E-state index contributed by atoms with van der Waals surface area (Å²) in [6.07, 6.45) is 12.5. The summed E-state index contributed by atoms with van der Waals surface area (Å²) in [7, 11) is 0. The first-order valence-corrected chi connectivity index (χ1v) is 13.8. The smallest absolute Gasteiger partial charge is 0.0861 e. The fourth-order valence-electron chi connectivity index (χ4n) is 10.7. The van der Waals surface area contributed by atoms with Gasteiger partial charge in [0.25, 0.3) is 0 Å². The third-order valence-electron chi connectivity index (χ3n) is 12.7. The van der Waals surface area contributed by atoms with Crippen molar-refractivity contribution in [2.75, 3.05) is 0 Å². The van der Waals surface area contributed by atoms with Crippen molar-refractivity contribution in [3.63, 3.8) is 0 Å². The highest BCUT2D eigenvalue weighted by Crippen LogP contribution is 2.75. The molecule has 0 unspecified atom stereocenters. The van der Waals surface area contributed by atoms with E-state index in [0.717, 1.165) is 31.1 Å². The van der Waals surface area contributed by atoms with Crippen molar-refractivity contribution in [2.24, 2.45) is 45.3 Å². The van der Waals surface area contributed by atoms with Gasteiger partial charge in [-0.15, -0.1) is 0 Å². The van der Waals surface area contributed by atoms with Crippen molar-refractivity contribution >= 4 is 0 Å². The molecule has 3 nitrogen and oxygen atoms in total. The van der Waals surface area contributed by atoms with Gasteiger partial charge in [0.05, 0.1) is 23.9 Å². The maximum absolute atomic E-state index is 10.9. The van der Waals surface area contributed by atoms with Gasteiger partial charge in [-0.3, -0.25) is 0 Å². The largest absolute Gasteiger partial charge is 0.393 e. The molecule has 3 heteroatoms. The average Bonchev–Trinajstić information content (AvgIpc) is 3.30. The number of rotatable bonds is 2. The molecule has 0 radical (unpaired) electrons. The van der Waals surface area contributed by atoms with E-state index in [1.165, 1.54) is 44.9 Å². The van der Waals surface area contributed by atoms with Crippen molar-refractivity contribution in [2.45, 2.75) is 137 Å². The Hall–Kier alpha value is -0.120.